The van der Waals surface area contributed by atoms with Crippen molar-refractivity contribution in [1.82, 2.24) is 5.01 Å². The van der Waals surface area contributed by atoms with Gasteiger partial charge in [0.25, 0.3) is 0 Å². The maximum absolute atomic E-state index is 5.48. The largest absolute Gasteiger partial charge is 0.496 e. The van der Waals surface area contributed by atoms with Crippen molar-refractivity contribution in [2.45, 2.75) is 20.4 Å². The standard InChI is InChI=1S/C23H31N3O3/c1-17-6-7-19(18(2)12-17)16-25-8-10-26(11-9-25)24-15-20-13-22(28-4)23(29-5)14-21(20)27-3/h6-7,12-15H,8-11,16H2,1-5H3/p+1/b24-15-. The van der Waals surface area contributed by atoms with E-state index in [9.17, 15) is 0 Å². The molecule has 6 nitrogen and oxygen atoms in total. The maximum atomic E-state index is 5.48. The second-order valence-electron chi connectivity index (χ2n) is 7.50. The highest BCUT2D eigenvalue weighted by Gasteiger charge is 2.19. The van der Waals surface area contributed by atoms with Gasteiger partial charge >= 0.3 is 0 Å². The minimum absolute atomic E-state index is 0.644. The van der Waals surface area contributed by atoms with Crippen LogP contribution in [0.2, 0.25) is 0 Å². The van der Waals surface area contributed by atoms with Crippen molar-refractivity contribution in [2.24, 2.45) is 5.10 Å². The highest BCUT2D eigenvalue weighted by molar-refractivity contribution is 5.85. The predicted octanol–water partition coefficient (Wildman–Crippen LogP) is 2.06. The zero-order valence-corrected chi connectivity index (χ0v) is 18.1. The molecule has 0 bridgehead atoms. The van der Waals surface area contributed by atoms with Gasteiger partial charge in [-0.2, -0.15) is 5.10 Å². The molecule has 0 aliphatic carbocycles. The van der Waals surface area contributed by atoms with E-state index in [1.54, 1.807) is 26.2 Å². The lowest BCUT2D eigenvalue weighted by Crippen LogP contribution is -3.13. The van der Waals surface area contributed by atoms with E-state index < -0.39 is 0 Å². The molecule has 0 unspecified atom stereocenters. The number of nitrogens with zero attached hydrogens (tertiary/aromatic N) is 2. The van der Waals surface area contributed by atoms with Gasteiger partial charge in [0, 0.05) is 17.2 Å². The number of aryl methyl sites for hydroxylation is 2. The van der Waals surface area contributed by atoms with Crippen LogP contribution >= 0.6 is 0 Å². The van der Waals surface area contributed by atoms with Crippen LogP contribution in [-0.2, 0) is 6.54 Å². The highest BCUT2D eigenvalue weighted by Crippen LogP contribution is 2.33. The first-order valence-electron chi connectivity index (χ1n) is 10.0. The topological polar surface area (TPSA) is 47.7 Å². The summed E-state index contributed by atoms with van der Waals surface area (Å²) in [5, 5.41) is 6.81. The molecule has 3 rings (SSSR count). The fraction of sp³-hybridized carbons (Fsp3) is 0.435. The molecular formula is C23H32N3O3+. The molecule has 1 N–H and O–H groups in total. The average Bonchev–Trinajstić information content (AvgIpc) is 2.74. The van der Waals surface area contributed by atoms with E-state index in [2.05, 4.69) is 42.2 Å². The second kappa shape index (κ2) is 9.65. The summed E-state index contributed by atoms with van der Waals surface area (Å²) in [6, 6.07) is 10.5. The number of hydrogen-bond donors (Lipinski definition) is 1. The van der Waals surface area contributed by atoms with E-state index >= 15 is 0 Å². The number of nitrogens with one attached hydrogen (secondary N) is 1. The number of benzene rings is 2. The van der Waals surface area contributed by atoms with Gasteiger partial charge in [-0.15, -0.1) is 0 Å². The van der Waals surface area contributed by atoms with E-state index in [1.165, 1.54) is 16.7 Å². The molecule has 1 saturated heterocycles. The van der Waals surface area contributed by atoms with Gasteiger partial charge in [-0.3, -0.25) is 5.01 Å². The highest BCUT2D eigenvalue weighted by atomic mass is 16.5. The molecule has 0 amide bonds. The van der Waals surface area contributed by atoms with Gasteiger partial charge in [0.2, 0.25) is 0 Å². The molecule has 156 valence electrons. The Labute approximate surface area is 173 Å². The molecule has 0 atom stereocenters. The van der Waals surface area contributed by atoms with Crippen LogP contribution in [0, 0.1) is 13.8 Å². The molecule has 0 spiro atoms. The zero-order chi connectivity index (χ0) is 20.8. The number of rotatable bonds is 7. The number of ether oxygens (including phenoxy) is 3. The van der Waals surface area contributed by atoms with Crippen molar-refractivity contribution in [3.8, 4) is 17.2 Å². The third-order valence-corrected chi connectivity index (χ3v) is 5.48. The van der Waals surface area contributed by atoms with Crippen LogP contribution in [0.25, 0.3) is 0 Å². The van der Waals surface area contributed by atoms with Gasteiger partial charge in [0.15, 0.2) is 11.5 Å². The number of hydrogen-bond acceptors (Lipinski definition) is 5. The summed E-state index contributed by atoms with van der Waals surface area (Å²) < 4.78 is 16.2. The van der Waals surface area contributed by atoms with Crippen molar-refractivity contribution in [3.63, 3.8) is 0 Å². The maximum Gasteiger partial charge on any atom is 0.164 e. The minimum Gasteiger partial charge on any atom is -0.496 e. The molecule has 1 fully saturated rings. The summed E-state index contributed by atoms with van der Waals surface area (Å²) in [5.74, 6) is 2.02. The molecule has 0 aromatic heterocycles. The third kappa shape index (κ3) is 5.21. The Balaban J connectivity index is 1.61. The summed E-state index contributed by atoms with van der Waals surface area (Å²) in [7, 11) is 4.89. The molecule has 6 heteroatoms. The molecule has 1 aliphatic heterocycles. The Morgan fingerprint density at radius 2 is 1.59 bits per heavy atom. The first kappa shape index (κ1) is 21.0. The molecule has 0 saturated carbocycles. The minimum atomic E-state index is 0.644. The van der Waals surface area contributed by atoms with Crippen LogP contribution in [0.3, 0.4) is 0 Å². The van der Waals surface area contributed by atoms with Crippen molar-refractivity contribution in [2.75, 3.05) is 47.5 Å². The molecule has 0 radical (unpaired) electrons. The molecule has 1 aliphatic rings. The SMILES string of the molecule is COc1cc(OC)c(OC)cc1/C=N\N1CC[NH+](Cc2ccc(C)cc2C)CC1. The summed E-state index contributed by atoms with van der Waals surface area (Å²) in [5.41, 5.74) is 5.03. The Hall–Kier alpha value is -2.73. The first-order valence-corrected chi connectivity index (χ1v) is 10.0. The van der Waals surface area contributed by atoms with Crippen molar-refractivity contribution < 1.29 is 19.1 Å². The van der Waals surface area contributed by atoms with Crippen LogP contribution in [0.5, 0.6) is 17.2 Å². The van der Waals surface area contributed by atoms with E-state index in [4.69, 9.17) is 14.2 Å². The lowest BCUT2D eigenvalue weighted by Gasteiger charge is -2.30. The first-order chi connectivity index (χ1) is 14.0. The lowest BCUT2D eigenvalue weighted by molar-refractivity contribution is -0.918. The second-order valence-corrected chi connectivity index (χ2v) is 7.50. The predicted molar refractivity (Wildman–Crippen MR) is 116 cm³/mol. The summed E-state index contributed by atoms with van der Waals surface area (Å²) >= 11 is 0. The zero-order valence-electron chi connectivity index (χ0n) is 18.1. The van der Waals surface area contributed by atoms with Gasteiger partial charge in [0.1, 0.15) is 12.3 Å². The lowest BCUT2D eigenvalue weighted by atomic mass is 10.1. The quantitative estimate of drug-likeness (QED) is 0.726. The Morgan fingerprint density at radius 3 is 2.21 bits per heavy atom. The molecular weight excluding hydrogens is 366 g/mol. The van der Waals surface area contributed by atoms with Crippen LogP contribution in [-0.4, -0.2) is 58.7 Å². The Morgan fingerprint density at radius 1 is 0.931 bits per heavy atom. The molecule has 2 aromatic rings. The van der Waals surface area contributed by atoms with Crippen molar-refractivity contribution in [1.29, 1.82) is 0 Å². The monoisotopic (exact) mass is 398 g/mol. The number of piperazine rings is 1. The van der Waals surface area contributed by atoms with Crippen LogP contribution in [0.4, 0.5) is 0 Å². The molecule has 2 aromatic carbocycles. The Kier molecular flexibility index (Phi) is 6.99. The van der Waals surface area contributed by atoms with Gasteiger partial charge in [-0.1, -0.05) is 23.8 Å². The van der Waals surface area contributed by atoms with Crippen molar-refractivity contribution >= 4 is 6.21 Å². The van der Waals surface area contributed by atoms with E-state index in [-0.39, 0.29) is 0 Å². The third-order valence-electron chi connectivity index (χ3n) is 5.48. The van der Waals surface area contributed by atoms with Crippen molar-refractivity contribution in [3.05, 3.63) is 52.6 Å². The smallest absolute Gasteiger partial charge is 0.164 e. The fourth-order valence-corrected chi connectivity index (χ4v) is 3.71. The number of quaternary nitrogens is 1. The van der Waals surface area contributed by atoms with Gasteiger partial charge in [0.05, 0.1) is 53.7 Å². The summed E-state index contributed by atoms with van der Waals surface area (Å²) in [4.78, 5) is 1.60. The molecule has 1 heterocycles. The summed E-state index contributed by atoms with van der Waals surface area (Å²) in [6.45, 7) is 9.46. The van der Waals surface area contributed by atoms with Gasteiger partial charge < -0.3 is 19.1 Å². The average molecular weight is 399 g/mol. The van der Waals surface area contributed by atoms with E-state index in [0.29, 0.717) is 17.2 Å². The fourth-order valence-electron chi connectivity index (χ4n) is 3.71. The van der Waals surface area contributed by atoms with E-state index in [0.717, 1.165) is 38.3 Å². The van der Waals surface area contributed by atoms with Gasteiger partial charge in [-0.05, 0) is 25.5 Å². The van der Waals surface area contributed by atoms with E-state index in [1.807, 2.05) is 18.3 Å². The van der Waals surface area contributed by atoms with Crippen LogP contribution < -0.4 is 19.1 Å². The van der Waals surface area contributed by atoms with Gasteiger partial charge in [-0.25, -0.2) is 0 Å². The van der Waals surface area contributed by atoms with Crippen LogP contribution in [0.15, 0.2) is 35.4 Å². The molecule has 29 heavy (non-hydrogen) atoms. The number of hydrazone groups is 1. The van der Waals surface area contributed by atoms with Crippen LogP contribution in [0.1, 0.15) is 22.3 Å². The Bertz CT molecular complexity index is 859. The number of methoxy groups -OCH3 is 3. The summed E-state index contributed by atoms with van der Waals surface area (Å²) in [6.07, 6.45) is 1.84. The normalized spacial score (nSPS) is 15.0.